The molecular weight excluding hydrogens is 246 g/mol. The Morgan fingerprint density at radius 1 is 1.16 bits per heavy atom. The Labute approximate surface area is 112 Å². The zero-order chi connectivity index (χ0) is 13.9. The fraction of sp³-hybridized carbons (Fsp3) is 0.462. The third kappa shape index (κ3) is 6.52. The molecule has 0 bridgehead atoms. The van der Waals surface area contributed by atoms with Crippen molar-refractivity contribution in [2.45, 2.75) is 25.8 Å². The van der Waals surface area contributed by atoms with E-state index in [2.05, 4.69) is 15.6 Å². The van der Waals surface area contributed by atoms with Gasteiger partial charge in [-0.3, -0.25) is 14.6 Å². The molecule has 0 aromatic carbocycles. The van der Waals surface area contributed by atoms with Crippen molar-refractivity contribution in [3.63, 3.8) is 0 Å². The molecule has 0 spiro atoms. The standard InChI is InChI=1S/C13H19N3O3/c17-8-3-1-2-7-15-12(18)13(19)16-10-11-5-4-6-14-9-11/h4-6,9,17H,1-3,7-8,10H2,(H,15,18)(H,16,19). The number of aliphatic hydroxyl groups excluding tert-OH is 1. The molecule has 0 unspecified atom stereocenters. The van der Waals surface area contributed by atoms with E-state index < -0.39 is 11.8 Å². The highest BCUT2D eigenvalue weighted by atomic mass is 16.3. The summed E-state index contributed by atoms with van der Waals surface area (Å²) in [7, 11) is 0. The van der Waals surface area contributed by atoms with E-state index >= 15 is 0 Å². The van der Waals surface area contributed by atoms with Gasteiger partial charge in [-0.25, -0.2) is 0 Å². The molecule has 0 aliphatic rings. The second-order valence-corrected chi connectivity index (χ2v) is 4.08. The van der Waals surface area contributed by atoms with Gasteiger partial charge >= 0.3 is 11.8 Å². The fourth-order valence-electron chi connectivity index (χ4n) is 1.46. The van der Waals surface area contributed by atoms with E-state index in [0.717, 1.165) is 18.4 Å². The lowest BCUT2D eigenvalue weighted by Crippen LogP contribution is -2.39. The summed E-state index contributed by atoms with van der Waals surface area (Å²) >= 11 is 0. The van der Waals surface area contributed by atoms with Crippen LogP contribution in [0.1, 0.15) is 24.8 Å². The van der Waals surface area contributed by atoms with Crippen LogP contribution in [0.25, 0.3) is 0 Å². The van der Waals surface area contributed by atoms with Gasteiger partial charge in [0.25, 0.3) is 0 Å². The zero-order valence-electron chi connectivity index (χ0n) is 10.8. The largest absolute Gasteiger partial charge is 0.396 e. The molecule has 19 heavy (non-hydrogen) atoms. The lowest BCUT2D eigenvalue weighted by molar-refractivity contribution is -0.139. The van der Waals surface area contributed by atoms with Gasteiger partial charge in [-0.1, -0.05) is 6.07 Å². The molecule has 6 heteroatoms. The molecule has 104 valence electrons. The SMILES string of the molecule is O=C(NCCCCCO)C(=O)NCc1cccnc1. The molecule has 2 amide bonds. The fourth-order valence-corrected chi connectivity index (χ4v) is 1.46. The van der Waals surface area contributed by atoms with Crippen molar-refractivity contribution in [2.24, 2.45) is 0 Å². The maximum Gasteiger partial charge on any atom is 0.309 e. The molecule has 1 heterocycles. The zero-order valence-corrected chi connectivity index (χ0v) is 10.8. The minimum absolute atomic E-state index is 0.152. The molecular formula is C13H19N3O3. The van der Waals surface area contributed by atoms with Crippen molar-refractivity contribution in [1.82, 2.24) is 15.6 Å². The van der Waals surface area contributed by atoms with Crippen LogP contribution in [0.3, 0.4) is 0 Å². The summed E-state index contributed by atoms with van der Waals surface area (Å²) in [5, 5.41) is 13.6. The van der Waals surface area contributed by atoms with Gasteiger partial charge < -0.3 is 15.7 Å². The smallest absolute Gasteiger partial charge is 0.309 e. The van der Waals surface area contributed by atoms with E-state index in [9.17, 15) is 9.59 Å². The molecule has 1 aromatic heterocycles. The third-order valence-corrected chi connectivity index (χ3v) is 2.50. The Morgan fingerprint density at radius 3 is 2.63 bits per heavy atom. The molecule has 1 aromatic rings. The van der Waals surface area contributed by atoms with Crippen LogP contribution in [-0.2, 0) is 16.1 Å². The summed E-state index contributed by atoms with van der Waals surface area (Å²) < 4.78 is 0. The summed E-state index contributed by atoms with van der Waals surface area (Å²) in [6.07, 6.45) is 5.57. The van der Waals surface area contributed by atoms with Crippen LogP contribution < -0.4 is 10.6 Å². The van der Waals surface area contributed by atoms with Crippen molar-refractivity contribution in [2.75, 3.05) is 13.2 Å². The topological polar surface area (TPSA) is 91.3 Å². The van der Waals surface area contributed by atoms with E-state index in [1.807, 2.05) is 6.07 Å². The summed E-state index contributed by atoms with van der Waals surface area (Å²) in [6.45, 7) is 0.878. The Hall–Kier alpha value is -1.95. The number of nitrogens with one attached hydrogen (secondary N) is 2. The molecule has 0 aliphatic heterocycles. The Balaban J connectivity index is 2.16. The average Bonchev–Trinajstić information content (AvgIpc) is 2.45. The number of aromatic nitrogens is 1. The first-order valence-corrected chi connectivity index (χ1v) is 6.30. The highest BCUT2D eigenvalue weighted by molar-refractivity contribution is 6.35. The monoisotopic (exact) mass is 265 g/mol. The van der Waals surface area contributed by atoms with E-state index in [1.54, 1.807) is 18.5 Å². The number of carbonyl (C=O) groups excluding carboxylic acids is 2. The molecule has 0 radical (unpaired) electrons. The number of amides is 2. The number of unbranched alkanes of at least 4 members (excludes halogenated alkanes) is 2. The van der Waals surface area contributed by atoms with Crippen molar-refractivity contribution in [3.8, 4) is 0 Å². The predicted molar refractivity (Wildman–Crippen MR) is 70.0 cm³/mol. The van der Waals surface area contributed by atoms with Gasteiger partial charge in [0.2, 0.25) is 0 Å². The van der Waals surface area contributed by atoms with E-state index in [4.69, 9.17) is 5.11 Å². The molecule has 0 saturated carbocycles. The highest BCUT2D eigenvalue weighted by Gasteiger charge is 2.11. The van der Waals surface area contributed by atoms with Crippen LogP contribution in [0.2, 0.25) is 0 Å². The van der Waals surface area contributed by atoms with E-state index in [-0.39, 0.29) is 13.2 Å². The molecule has 3 N–H and O–H groups in total. The summed E-state index contributed by atoms with van der Waals surface area (Å²) in [5.41, 5.74) is 0.839. The lowest BCUT2D eigenvalue weighted by atomic mass is 10.2. The van der Waals surface area contributed by atoms with Gasteiger partial charge in [0, 0.05) is 32.1 Å². The lowest BCUT2D eigenvalue weighted by Gasteiger charge is -2.06. The van der Waals surface area contributed by atoms with Crippen molar-refractivity contribution in [1.29, 1.82) is 0 Å². The van der Waals surface area contributed by atoms with Crippen LogP contribution in [-0.4, -0.2) is 35.1 Å². The predicted octanol–water partition coefficient (Wildman–Crippen LogP) is -0.0234. The number of hydrogen-bond donors (Lipinski definition) is 3. The van der Waals surface area contributed by atoms with Gasteiger partial charge in [-0.2, -0.15) is 0 Å². The highest BCUT2D eigenvalue weighted by Crippen LogP contribution is 1.94. The first kappa shape index (κ1) is 15.1. The Morgan fingerprint density at radius 2 is 1.95 bits per heavy atom. The van der Waals surface area contributed by atoms with Crippen LogP contribution in [0.4, 0.5) is 0 Å². The van der Waals surface area contributed by atoms with Crippen LogP contribution in [0.5, 0.6) is 0 Å². The van der Waals surface area contributed by atoms with E-state index in [0.29, 0.717) is 13.0 Å². The molecule has 1 rings (SSSR count). The first-order valence-electron chi connectivity index (χ1n) is 6.30. The third-order valence-electron chi connectivity index (χ3n) is 2.50. The van der Waals surface area contributed by atoms with Crippen molar-refractivity contribution in [3.05, 3.63) is 30.1 Å². The first-order chi connectivity index (χ1) is 9.24. The molecule has 6 nitrogen and oxygen atoms in total. The van der Waals surface area contributed by atoms with Crippen molar-refractivity contribution >= 4 is 11.8 Å². The minimum atomic E-state index is -0.647. The molecule has 0 fully saturated rings. The quantitative estimate of drug-likeness (QED) is 0.477. The average molecular weight is 265 g/mol. The Bertz CT molecular complexity index is 395. The van der Waals surface area contributed by atoms with Crippen LogP contribution in [0, 0.1) is 0 Å². The Kier molecular flexibility index (Phi) is 7.19. The van der Waals surface area contributed by atoms with Gasteiger partial charge in [0.1, 0.15) is 0 Å². The molecule has 0 saturated heterocycles. The number of nitrogens with zero attached hydrogens (tertiary/aromatic N) is 1. The number of carbonyl (C=O) groups is 2. The number of rotatable bonds is 7. The van der Waals surface area contributed by atoms with E-state index in [1.165, 1.54) is 0 Å². The van der Waals surface area contributed by atoms with Gasteiger partial charge in [0.05, 0.1) is 0 Å². The molecule has 0 aliphatic carbocycles. The normalized spacial score (nSPS) is 9.95. The van der Waals surface area contributed by atoms with Crippen LogP contribution >= 0.6 is 0 Å². The second kappa shape index (κ2) is 9.04. The van der Waals surface area contributed by atoms with Crippen LogP contribution in [0.15, 0.2) is 24.5 Å². The number of hydrogen-bond acceptors (Lipinski definition) is 4. The molecule has 0 atom stereocenters. The maximum atomic E-state index is 11.5. The van der Waals surface area contributed by atoms with Gasteiger partial charge in [-0.05, 0) is 30.9 Å². The number of pyridine rings is 1. The van der Waals surface area contributed by atoms with Gasteiger partial charge in [0.15, 0.2) is 0 Å². The summed E-state index contributed by atoms with van der Waals surface area (Å²) in [5.74, 6) is -1.28. The summed E-state index contributed by atoms with van der Waals surface area (Å²) in [4.78, 5) is 26.8. The second-order valence-electron chi connectivity index (χ2n) is 4.08. The van der Waals surface area contributed by atoms with Gasteiger partial charge in [-0.15, -0.1) is 0 Å². The maximum absolute atomic E-state index is 11.5. The number of aliphatic hydroxyl groups is 1. The summed E-state index contributed by atoms with van der Waals surface area (Å²) in [6, 6.07) is 3.59. The van der Waals surface area contributed by atoms with Crippen molar-refractivity contribution < 1.29 is 14.7 Å². The minimum Gasteiger partial charge on any atom is -0.396 e.